The monoisotopic (exact) mass is 313 g/mol. The fourth-order valence-electron chi connectivity index (χ4n) is 2.63. The molecule has 0 aliphatic carbocycles. The summed E-state index contributed by atoms with van der Waals surface area (Å²) in [5, 5.41) is 9.62. The molecule has 0 saturated carbocycles. The highest BCUT2D eigenvalue weighted by Gasteiger charge is 2.19. The van der Waals surface area contributed by atoms with E-state index in [1.165, 1.54) is 19.2 Å². The quantitative estimate of drug-likeness (QED) is 0.800. The first-order chi connectivity index (χ1) is 11.1. The van der Waals surface area contributed by atoms with Crippen LogP contribution in [0.4, 0.5) is 4.39 Å². The molecule has 3 nitrogen and oxygen atoms in total. The largest absolute Gasteiger partial charge is 0.496 e. The van der Waals surface area contributed by atoms with Crippen LogP contribution in [0.25, 0.3) is 0 Å². The first-order valence-electron chi connectivity index (χ1n) is 7.51. The molecular weight excluding hydrogens is 293 g/mol. The zero-order valence-corrected chi connectivity index (χ0v) is 13.6. The molecule has 0 aliphatic rings. The van der Waals surface area contributed by atoms with Gasteiger partial charge < -0.3 is 9.47 Å². The molecule has 23 heavy (non-hydrogen) atoms. The molecular formula is C19H20FNO2. The van der Waals surface area contributed by atoms with E-state index in [4.69, 9.17) is 9.47 Å². The molecule has 0 N–H and O–H groups in total. The number of benzene rings is 2. The average Bonchev–Trinajstić information content (AvgIpc) is 2.59. The molecule has 0 aliphatic heterocycles. The predicted octanol–water partition coefficient (Wildman–Crippen LogP) is 4.26. The number of methoxy groups -OCH3 is 2. The lowest BCUT2D eigenvalue weighted by Crippen LogP contribution is -2.05. The summed E-state index contributed by atoms with van der Waals surface area (Å²) in [6.45, 7) is 2.06. The first kappa shape index (κ1) is 16.8. The Kier molecular flexibility index (Phi) is 5.59. The third-order valence-corrected chi connectivity index (χ3v) is 3.90. The van der Waals surface area contributed by atoms with Gasteiger partial charge in [0.05, 0.1) is 26.2 Å². The van der Waals surface area contributed by atoms with Crippen LogP contribution in [-0.4, -0.2) is 14.2 Å². The van der Waals surface area contributed by atoms with Gasteiger partial charge in [-0.25, -0.2) is 4.39 Å². The number of hydrogen-bond donors (Lipinski definition) is 0. The molecule has 1 unspecified atom stereocenters. The molecule has 0 saturated heterocycles. The van der Waals surface area contributed by atoms with Crippen molar-refractivity contribution in [3.05, 3.63) is 58.9 Å². The summed E-state index contributed by atoms with van der Waals surface area (Å²) in [6.07, 6.45) is 1.24. The van der Waals surface area contributed by atoms with E-state index in [1.807, 2.05) is 18.2 Å². The fraction of sp³-hybridized carbons (Fsp3) is 0.316. The topological polar surface area (TPSA) is 42.2 Å². The molecule has 0 bridgehead atoms. The van der Waals surface area contributed by atoms with Crippen molar-refractivity contribution in [1.29, 1.82) is 5.26 Å². The second kappa shape index (κ2) is 7.64. The highest BCUT2D eigenvalue weighted by atomic mass is 19.1. The van der Waals surface area contributed by atoms with E-state index in [-0.39, 0.29) is 5.82 Å². The van der Waals surface area contributed by atoms with Gasteiger partial charge in [0.1, 0.15) is 17.3 Å². The lowest BCUT2D eigenvalue weighted by Gasteiger charge is -2.16. The van der Waals surface area contributed by atoms with Crippen molar-refractivity contribution in [3.8, 4) is 17.6 Å². The zero-order chi connectivity index (χ0) is 16.8. The van der Waals surface area contributed by atoms with Crippen LogP contribution in [-0.2, 0) is 12.8 Å². The lowest BCUT2D eigenvalue weighted by atomic mass is 9.90. The minimum absolute atomic E-state index is 0.341. The first-order valence-corrected chi connectivity index (χ1v) is 7.51. The highest BCUT2D eigenvalue weighted by molar-refractivity contribution is 5.45. The van der Waals surface area contributed by atoms with Crippen LogP contribution < -0.4 is 9.47 Å². The minimum Gasteiger partial charge on any atom is -0.496 e. The number of nitriles is 1. The van der Waals surface area contributed by atoms with Gasteiger partial charge in [-0.15, -0.1) is 0 Å². The van der Waals surface area contributed by atoms with E-state index in [2.05, 4.69) is 13.0 Å². The van der Waals surface area contributed by atoms with Crippen molar-refractivity contribution in [3.63, 3.8) is 0 Å². The Morgan fingerprint density at radius 1 is 1.09 bits per heavy atom. The van der Waals surface area contributed by atoms with E-state index in [9.17, 15) is 9.65 Å². The van der Waals surface area contributed by atoms with Gasteiger partial charge >= 0.3 is 0 Å². The normalized spacial score (nSPS) is 11.6. The number of halogens is 1. The molecule has 0 spiro atoms. The molecule has 0 radical (unpaired) electrons. The summed E-state index contributed by atoms with van der Waals surface area (Å²) in [6, 6.07) is 12.5. The zero-order valence-electron chi connectivity index (χ0n) is 13.6. The Bertz CT molecular complexity index is 722. The van der Waals surface area contributed by atoms with Crippen molar-refractivity contribution in [2.24, 2.45) is 0 Å². The van der Waals surface area contributed by atoms with Gasteiger partial charge in [0.25, 0.3) is 0 Å². The van der Waals surface area contributed by atoms with Gasteiger partial charge in [-0.2, -0.15) is 5.26 Å². The third kappa shape index (κ3) is 3.81. The Labute approximate surface area is 136 Å². The number of aryl methyl sites for hydroxylation is 1. The molecule has 0 heterocycles. The van der Waals surface area contributed by atoms with E-state index in [1.54, 1.807) is 13.2 Å². The maximum atomic E-state index is 13.5. The van der Waals surface area contributed by atoms with Gasteiger partial charge in [-0.05, 0) is 48.2 Å². The molecule has 0 fully saturated rings. The summed E-state index contributed by atoms with van der Waals surface area (Å²) in [5.41, 5.74) is 2.62. The smallest absolute Gasteiger partial charge is 0.123 e. The van der Waals surface area contributed by atoms with Gasteiger partial charge in [-0.1, -0.05) is 19.1 Å². The minimum atomic E-state index is -0.438. The van der Waals surface area contributed by atoms with Gasteiger partial charge in [0, 0.05) is 5.56 Å². The van der Waals surface area contributed by atoms with E-state index >= 15 is 0 Å². The summed E-state index contributed by atoms with van der Waals surface area (Å²) < 4.78 is 24.2. The van der Waals surface area contributed by atoms with Crippen LogP contribution in [0.15, 0.2) is 36.4 Å². The van der Waals surface area contributed by atoms with Crippen molar-refractivity contribution >= 4 is 0 Å². The van der Waals surface area contributed by atoms with Crippen molar-refractivity contribution in [2.75, 3.05) is 14.2 Å². The number of nitrogens with zero attached hydrogens (tertiary/aromatic N) is 1. The predicted molar refractivity (Wildman–Crippen MR) is 87.4 cm³/mol. The van der Waals surface area contributed by atoms with Crippen LogP contribution in [0, 0.1) is 17.1 Å². The molecule has 1 atom stereocenters. The fourth-order valence-corrected chi connectivity index (χ4v) is 2.63. The van der Waals surface area contributed by atoms with Crippen molar-refractivity contribution < 1.29 is 13.9 Å². The van der Waals surface area contributed by atoms with Crippen LogP contribution in [0.3, 0.4) is 0 Å². The second-order valence-electron chi connectivity index (χ2n) is 5.27. The van der Waals surface area contributed by atoms with Gasteiger partial charge in [0.2, 0.25) is 0 Å². The molecule has 2 rings (SSSR count). The van der Waals surface area contributed by atoms with E-state index in [0.29, 0.717) is 23.5 Å². The maximum Gasteiger partial charge on any atom is 0.123 e. The van der Waals surface area contributed by atoms with E-state index < -0.39 is 5.92 Å². The standard InChI is InChI=1S/C19H20FNO2/c1-4-13-5-7-19(23-3)17(9-13)15(12-21)10-14-11-16(20)6-8-18(14)22-2/h5-9,11,15H,4,10H2,1-3H3. The molecule has 2 aromatic carbocycles. The SMILES string of the molecule is CCc1ccc(OC)c(C(C#N)Cc2cc(F)ccc2OC)c1. The molecule has 0 amide bonds. The third-order valence-electron chi connectivity index (χ3n) is 3.90. The van der Waals surface area contributed by atoms with Crippen molar-refractivity contribution in [1.82, 2.24) is 0 Å². The summed E-state index contributed by atoms with van der Waals surface area (Å²) >= 11 is 0. The van der Waals surface area contributed by atoms with Crippen LogP contribution in [0.2, 0.25) is 0 Å². The summed E-state index contributed by atoms with van der Waals surface area (Å²) in [7, 11) is 3.12. The molecule has 4 heteroatoms. The molecule has 120 valence electrons. The maximum absolute atomic E-state index is 13.5. The van der Waals surface area contributed by atoms with Crippen molar-refractivity contribution in [2.45, 2.75) is 25.7 Å². The second-order valence-corrected chi connectivity index (χ2v) is 5.27. The Morgan fingerprint density at radius 2 is 1.78 bits per heavy atom. The van der Waals surface area contributed by atoms with Gasteiger partial charge in [-0.3, -0.25) is 0 Å². The molecule has 2 aromatic rings. The number of ether oxygens (including phenoxy) is 2. The Morgan fingerprint density at radius 3 is 2.39 bits per heavy atom. The Hall–Kier alpha value is -2.54. The highest BCUT2D eigenvalue weighted by Crippen LogP contribution is 2.32. The number of hydrogen-bond acceptors (Lipinski definition) is 3. The number of rotatable bonds is 6. The molecule has 0 aromatic heterocycles. The van der Waals surface area contributed by atoms with Crippen LogP contribution in [0.5, 0.6) is 11.5 Å². The van der Waals surface area contributed by atoms with E-state index in [0.717, 1.165) is 17.5 Å². The summed E-state index contributed by atoms with van der Waals surface area (Å²) in [5.74, 6) is 0.472. The van der Waals surface area contributed by atoms with Gasteiger partial charge in [0.15, 0.2) is 0 Å². The Balaban J connectivity index is 2.42. The van der Waals surface area contributed by atoms with Crippen LogP contribution in [0.1, 0.15) is 29.5 Å². The summed E-state index contributed by atoms with van der Waals surface area (Å²) in [4.78, 5) is 0. The lowest BCUT2D eigenvalue weighted by molar-refractivity contribution is 0.403. The van der Waals surface area contributed by atoms with Crippen LogP contribution >= 0.6 is 0 Å². The average molecular weight is 313 g/mol.